The Labute approximate surface area is 188 Å². The van der Waals surface area contributed by atoms with E-state index in [9.17, 15) is 23.4 Å². The van der Waals surface area contributed by atoms with Gasteiger partial charge in [0.15, 0.2) is 0 Å². The van der Waals surface area contributed by atoms with Gasteiger partial charge in [-0.1, -0.05) is 70.3 Å². The fourth-order valence-corrected chi connectivity index (χ4v) is 3.55. The highest BCUT2D eigenvalue weighted by Crippen LogP contribution is 2.33. The van der Waals surface area contributed by atoms with Gasteiger partial charge in [0.2, 0.25) is 10.0 Å². The van der Waals surface area contributed by atoms with Crippen molar-refractivity contribution >= 4 is 16.0 Å². The Morgan fingerprint density at radius 3 is 2.39 bits per heavy atom. The highest BCUT2D eigenvalue weighted by atomic mass is 32.2. The number of carboxylic acid groups (broad SMARTS) is 1. The summed E-state index contributed by atoms with van der Waals surface area (Å²) in [6.07, 6.45) is 14.8. The van der Waals surface area contributed by atoms with Crippen molar-refractivity contribution in [3.8, 4) is 0 Å². The third-order valence-electron chi connectivity index (χ3n) is 5.55. The Morgan fingerprint density at radius 1 is 1.26 bits per heavy atom. The smallest absolute Gasteiger partial charge is 0.303 e. The Bertz CT molecular complexity index is 676. The summed E-state index contributed by atoms with van der Waals surface area (Å²) in [5.74, 6) is -0.720. The lowest BCUT2D eigenvalue weighted by atomic mass is 9.80. The Morgan fingerprint density at radius 2 is 1.84 bits per heavy atom. The lowest BCUT2D eigenvalue weighted by molar-refractivity contribution is -0.137. The second kappa shape index (κ2) is 14.8. The summed E-state index contributed by atoms with van der Waals surface area (Å²) in [6.45, 7) is 6.35. The van der Waals surface area contributed by atoms with E-state index in [1.54, 1.807) is 0 Å². The maximum Gasteiger partial charge on any atom is 0.303 e. The van der Waals surface area contributed by atoms with Crippen LogP contribution in [0.25, 0.3) is 0 Å². The lowest BCUT2D eigenvalue weighted by Crippen LogP contribution is -2.28. The monoisotopic (exact) mass is 461 g/mol. The predicted molar refractivity (Wildman–Crippen MR) is 125 cm³/mol. The molecule has 8 heteroatoms. The van der Waals surface area contributed by atoms with Gasteiger partial charge in [-0.05, 0) is 37.5 Å². The Balaban J connectivity index is 0.00000161. The first-order valence-corrected chi connectivity index (χ1v) is 13.2. The second-order valence-electron chi connectivity index (χ2n) is 9.17. The molecule has 0 fully saturated rings. The molecule has 0 amide bonds. The molecular weight excluding hydrogens is 418 g/mol. The minimum absolute atomic E-state index is 0.00523. The average Bonchev–Trinajstić information content (AvgIpc) is 2.99. The van der Waals surface area contributed by atoms with E-state index in [-0.39, 0.29) is 23.9 Å². The van der Waals surface area contributed by atoms with Crippen molar-refractivity contribution in [2.45, 2.75) is 97.2 Å². The van der Waals surface area contributed by atoms with Gasteiger partial charge in [0.25, 0.3) is 0 Å². The maximum absolute atomic E-state index is 10.5. The molecule has 0 saturated carbocycles. The van der Waals surface area contributed by atoms with Gasteiger partial charge in [-0.25, -0.2) is 13.6 Å². The largest absolute Gasteiger partial charge is 0.481 e. The van der Waals surface area contributed by atoms with Crippen LogP contribution in [0.5, 0.6) is 0 Å². The molecule has 0 unspecified atom stereocenters. The van der Waals surface area contributed by atoms with Crippen LogP contribution in [-0.2, 0) is 14.8 Å². The number of unbranched alkanes of at least 4 members (excludes halogenated alkanes) is 4. The predicted octanol–water partition coefficient (Wildman–Crippen LogP) is 3.76. The quantitative estimate of drug-likeness (QED) is 0.243. The zero-order valence-electron chi connectivity index (χ0n) is 19.6. The van der Waals surface area contributed by atoms with Crippen LogP contribution in [0.1, 0.15) is 85.0 Å². The highest BCUT2D eigenvalue weighted by molar-refractivity contribution is 7.88. The van der Waals surface area contributed by atoms with Crippen molar-refractivity contribution in [3.63, 3.8) is 0 Å². The van der Waals surface area contributed by atoms with E-state index in [4.69, 9.17) is 5.11 Å². The van der Waals surface area contributed by atoms with Crippen molar-refractivity contribution in [1.29, 1.82) is 0 Å². The van der Waals surface area contributed by atoms with Gasteiger partial charge in [-0.15, -0.1) is 0 Å². The fourth-order valence-electron chi connectivity index (χ4n) is 3.55. The molecular formula is C23H43NO6S. The summed E-state index contributed by atoms with van der Waals surface area (Å²) in [5, 5.41) is 33.8. The zero-order valence-corrected chi connectivity index (χ0v) is 20.4. The molecule has 5 N–H and O–H groups in total. The second-order valence-corrected chi connectivity index (χ2v) is 10.8. The molecule has 182 valence electrons. The molecule has 0 aromatic rings. The van der Waals surface area contributed by atoms with Crippen LogP contribution in [-0.4, -0.2) is 48.2 Å². The summed E-state index contributed by atoms with van der Waals surface area (Å²) in [7, 11) is -3.17. The first kappa shape index (κ1) is 29.8. The van der Waals surface area contributed by atoms with Gasteiger partial charge in [0.1, 0.15) is 0 Å². The van der Waals surface area contributed by atoms with Crippen LogP contribution < -0.4 is 5.14 Å². The molecule has 0 saturated heterocycles. The number of aliphatic hydroxyl groups excluding tert-OH is 2. The summed E-state index contributed by atoms with van der Waals surface area (Å²) in [6, 6.07) is 0. The molecule has 0 heterocycles. The number of rotatable bonds is 13. The van der Waals surface area contributed by atoms with Gasteiger partial charge < -0.3 is 15.3 Å². The van der Waals surface area contributed by atoms with E-state index in [1.165, 1.54) is 5.57 Å². The van der Waals surface area contributed by atoms with E-state index in [1.807, 2.05) is 12.2 Å². The molecule has 31 heavy (non-hydrogen) atoms. The molecule has 0 aliphatic heterocycles. The summed E-state index contributed by atoms with van der Waals surface area (Å²) in [4.78, 5) is 10.5. The third kappa shape index (κ3) is 15.3. The van der Waals surface area contributed by atoms with E-state index in [2.05, 4.69) is 32.0 Å². The maximum atomic E-state index is 10.5. The van der Waals surface area contributed by atoms with Crippen molar-refractivity contribution in [3.05, 3.63) is 23.8 Å². The van der Waals surface area contributed by atoms with Crippen LogP contribution >= 0.6 is 0 Å². The summed E-state index contributed by atoms with van der Waals surface area (Å²) >= 11 is 0. The minimum Gasteiger partial charge on any atom is -0.481 e. The van der Waals surface area contributed by atoms with Crippen LogP contribution in [0.4, 0.5) is 0 Å². The van der Waals surface area contributed by atoms with Crippen molar-refractivity contribution < 1.29 is 28.5 Å². The van der Waals surface area contributed by atoms with Crippen molar-refractivity contribution in [2.24, 2.45) is 16.5 Å². The molecule has 7 nitrogen and oxygen atoms in total. The van der Waals surface area contributed by atoms with E-state index < -0.39 is 22.1 Å². The first-order valence-electron chi connectivity index (χ1n) is 11.2. The van der Waals surface area contributed by atoms with E-state index in [0.29, 0.717) is 6.42 Å². The number of aliphatic carboxylic acids is 1. The van der Waals surface area contributed by atoms with Gasteiger partial charge in [0.05, 0.1) is 18.5 Å². The molecule has 1 rings (SSSR count). The molecule has 0 bridgehead atoms. The highest BCUT2D eigenvalue weighted by Gasteiger charge is 2.28. The number of carbonyl (C=O) groups is 1. The zero-order chi connectivity index (χ0) is 24.1. The van der Waals surface area contributed by atoms with Crippen LogP contribution in [0.2, 0.25) is 0 Å². The standard InChI is InChI=1S/C22H38O4.CH5NO2S/c1-4-5-16-22(2,3)20(24)15-13-18-17(12-14-19(18)23)10-8-6-7-9-11-21(25)26;1-5(2,3)4/h12-13,15,18-20,23-24H,4-11,14,16H2,1-3H3,(H,25,26);1H3,(H2,2,3,4)/b15-13+;/t18-,19-,20-;/m1./s1. The molecule has 0 spiro atoms. The van der Waals surface area contributed by atoms with Crippen molar-refractivity contribution in [1.82, 2.24) is 0 Å². The number of sulfonamides is 1. The average molecular weight is 462 g/mol. The summed E-state index contributed by atoms with van der Waals surface area (Å²) in [5.41, 5.74) is 1.11. The molecule has 3 atom stereocenters. The lowest BCUT2D eigenvalue weighted by Gasteiger charge is -2.29. The Hall–Kier alpha value is -1.22. The number of nitrogens with two attached hydrogens (primary N) is 1. The molecule has 0 aromatic heterocycles. The Kier molecular flexibility index (Phi) is 14.2. The first-order chi connectivity index (χ1) is 14.3. The van der Waals surface area contributed by atoms with Gasteiger partial charge >= 0.3 is 5.97 Å². The SMILES string of the molecule is CCCCC(C)(C)[C@H](O)/C=C/[C@@H]1C(CCCCCCC(=O)O)=CC[C@H]1O.CS(N)(=O)=O. The number of hydrogen-bond donors (Lipinski definition) is 4. The number of primary sulfonamides is 1. The van der Waals surface area contributed by atoms with E-state index in [0.717, 1.165) is 57.6 Å². The molecule has 1 aliphatic rings. The number of hydrogen-bond acceptors (Lipinski definition) is 5. The number of carboxylic acids is 1. The third-order valence-corrected chi connectivity index (χ3v) is 5.55. The fraction of sp³-hybridized carbons (Fsp3) is 0.783. The van der Waals surface area contributed by atoms with Gasteiger partial charge in [-0.2, -0.15) is 0 Å². The minimum atomic E-state index is -3.17. The molecule has 0 aromatic carbocycles. The number of aliphatic hydroxyl groups is 2. The molecule has 1 aliphatic carbocycles. The summed E-state index contributed by atoms with van der Waals surface area (Å²) < 4.78 is 18.8. The van der Waals surface area contributed by atoms with Crippen molar-refractivity contribution in [2.75, 3.05) is 6.26 Å². The van der Waals surface area contributed by atoms with Crippen LogP contribution in [0.15, 0.2) is 23.8 Å². The van der Waals surface area contributed by atoms with Crippen LogP contribution in [0, 0.1) is 11.3 Å². The van der Waals surface area contributed by atoms with Gasteiger partial charge in [0, 0.05) is 12.3 Å². The van der Waals surface area contributed by atoms with Crippen LogP contribution in [0.3, 0.4) is 0 Å². The topological polar surface area (TPSA) is 138 Å². The van der Waals surface area contributed by atoms with Gasteiger partial charge in [-0.3, -0.25) is 4.79 Å². The van der Waals surface area contributed by atoms with E-state index >= 15 is 0 Å². The molecule has 0 radical (unpaired) electrons. The normalized spacial score (nSPS) is 20.3.